The number of hydrogen-bond acceptors (Lipinski definition) is 3. The molecule has 1 aliphatic heterocycles. The summed E-state index contributed by atoms with van der Waals surface area (Å²) < 4.78 is 0. The van der Waals surface area contributed by atoms with Crippen LogP contribution in [0.4, 0.5) is 5.69 Å². The van der Waals surface area contributed by atoms with Gasteiger partial charge < -0.3 is 10.2 Å². The highest BCUT2D eigenvalue weighted by molar-refractivity contribution is 7.98. The second-order valence-electron chi connectivity index (χ2n) is 5.60. The van der Waals surface area contributed by atoms with Crippen LogP contribution in [-0.4, -0.2) is 31.2 Å². The van der Waals surface area contributed by atoms with E-state index < -0.39 is 0 Å². The van der Waals surface area contributed by atoms with Crippen LogP contribution in [0.2, 0.25) is 0 Å². The zero-order valence-electron chi connectivity index (χ0n) is 13.3. The number of amides is 2. The molecule has 1 saturated heterocycles. The Morgan fingerprint density at radius 3 is 2.68 bits per heavy atom. The van der Waals surface area contributed by atoms with E-state index in [1.165, 1.54) is 4.90 Å². The normalized spacial score (nSPS) is 17.8. The maximum absolute atomic E-state index is 12.2. The first kappa shape index (κ1) is 16.9. The fourth-order valence-corrected chi connectivity index (χ4v) is 3.03. The van der Waals surface area contributed by atoms with Crippen LogP contribution < -0.4 is 10.2 Å². The van der Waals surface area contributed by atoms with Crippen molar-refractivity contribution in [1.29, 1.82) is 0 Å². The quantitative estimate of drug-likeness (QED) is 0.620. The van der Waals surface area contributed by atoms with E-state index in [0.29, 0.717) is 19.5 Å². The predicted molar refractivity (Wildman–Crippen MR) is 91.2 cm³/mol. The van der Waals surface area contributed by atoms with Gasteiger partial charge in [-0.25, -0.2) is 0 Å². The molecule has 1 atom stereocenters. The molecule has 0 bridgehead atoms. The lowest BCUT2D eigenvalue weighted by Crippen LogP contribution is -2.33. The number of unbranched alkanes of at least 4 members (excludes halogenated alkanes) is 2. The van der Waals surface area contributed by atoms with Crippen molar-refractivity contribution in [3.05, 3.63) is 24.3 Å². The smallest absolute Gasteiger partial charge is 0.227 e. The van der Waals surface area contributed by atoms with E-state index in [1.807, 2.05) is 30.5 Å². The number of hydrogen-bond donors (Lipinski definition) is 1. The lowest BCUT2D eigenvalue weighted by molar-refractivity contribution is -0.126. The van der Waals surface area contributed by atoms with Gasteiger partial charge in [0.15, 0.2) is 0 Å². The third kappa shape index (κ3) is 4.26. The molecule has 2 amide bonds. The molecule has 0 radical (unpaired) electrons. The second kappa shape index (κ2) is 8.22. The topological polar surface area (TPSA) is 49.4 Å². The lowest BCUT2D eigenvalue weighted by Gasteiger charge is -2.17. The van der Waals surface area contributed by atoms with Gasteiger partial charge in [0.25, 0.3) is 0 Å². The maximum atomic E-state index is 12.2. The molecule has 120 valence electrons. The number of thioether (sulfide) groups is 1. The van der Waals surface area contributed by atoms with Crippen molar-refractivity contribution in [1.82, 2.24) is 5.32 Å². The van der Waals surface area contributed by atoms with Crippen molar-refractivity contribution in [2.75, 3.05) is 24.2 Å². The molecule has 1 aliphatic rings. The molecule has 22 heavy (non-hydrogen) atoms. The van der Waals surface area contributed by atoms with E-state index in [-0.39, 0.29) is 17.7 Å². The minimum Gasteiger partial charge on any atom is -0.356 e. The molecule has 0 spiro atoms. The zero-order valence-corrected chi connectivity index (χ0v) is 14.1. The Morgan fingerprint density at radius 2 is 2.05 bits per heavy atom. The van der Waals surface area contributed by atoms with Crippen molar-refractivity contribution < 1.29 is 9.59 Å². The minimum atomic E-state index is -0.227. The van der Waals surface area contributed by atoms with Gasteiger partial charge >= 0.3 is 0 Å². The van der Waals surface area contributed by atoms with Crippen LogP contribution in [0.15, 0.2) is 29.2 Å². The van der Waals surface area contributed by atoms with Crippen molar-refractivity contribution >= 4 is 29.3 Å². The summed E-state index contributed by atoms with van der Waals surface area (Å²) >= 11 is 1.67. The van der Waals surface area contributed by atoms with E-state index in [4.69, 9.17) is 0 Å². The Bertz CT molecular complexity index is 516. The Hall–Kier alpha value is -1.49. The fraction of sp³-hybridized carbons (Fsp3) is 0.529. The highest BCUT2D eigenvalue weighted by Crippen LogP contribution is 2.27. The first-order chi connectivity index (χ1) is 10.7. The zero-order chi connectivity index (χ0) is 15.9. The molecule has 0 saturated carbocycles. The van der Waals surface area contributed by atoms with Crippen LogP contribution in [0.3, 0.4) is 0 Å². The summed E-state index contributed by atoms with van der Waals surface area (Å²) in [5, 5.41) is 2.95. The summed E-state index contributed by atoms with van der Waals surface area (Å²) in [6.45, 7) is 3.33. The molecule has 5 heteroatoms. The molecule has 4 nitrogen and oxygen atoms in total. The van der Waals surface area contributed by atoms with Crippen LogP contribution in [0, 0.1) is 5.92 Å². The largest absolute Gasteiger partial charge is 0.356 e. The van der Waals surface area contributed by atoms with Crippen LogP contribution in [-0.2, 0) is 9.59 Å². The number of carbonyl (C=O) groups excluding carboxylic acids is 2. The molecule has 0 aliphatic carbocycles. The van der Waals surface area contributed by atoms with Gasteiger partial charge in [0, 0.05) is 30.1 Å². The molecule has 0 aromatic heterocycles. The summed E-state index contributed by atoms with van der Waals surface area (Å²) in [5.74, 6) is -0.187. The van der Waals surface area contributed by atoms with Crippen LogP contribution >= 0.6 is 11.8 Å². The molecule has 1 heterocycles. The van der Waals surface area contributed by atoms with Gasteiger partial charge in [-0.3, -0.25) is 9.59 Å². The van der Waals surface area contributed by atoms with Crippen molar-refractivity contribution in [2.24, 2.45) is 5.92 Å². The average molecular weight is 320 g/mol. The van der Waals surface area contributed by atoms with E-state index in [1.54, 1.807) is 16.7 Å². The summed E-state index contributed by atoms with van der Waals surface area (Å²) in [6.07, 6.45) is 5.59. The van der Waals surface area contributed by atoms with E-state index in [2.05, 4.69) is 12.2 Å². The van der Waals surface area contributed by atoms with Gasteiger partial charge in [-0.05, 0) is 36.9 Å². The number of benzene rings is 1. The Morgan fingerprint density at radius 1 is 1.32 bits per heavy atom. The van der Waals surface area contributed by atoms with Crippen LogP contribution in [0.1, 0.15) is 32.6 Å². The summed E-state index contributed by atoms with van der Waals surface area (Å²) in [7, 11) is 0. The summed E-state index contributed by atoms with van der Waals surface area (Å²) in [5.41, 5.74) is 0.879. The minimum absolute atomic E-state index is 0.00712. The van der Waals surface area contributed by atoms with Crippen molar-refractivity contribution in [3.63, 3.8) is 0 Å². The molecule has 1 aromatic carbocycles. The number of carbonyl (C=O) groups is 2. The molecule has 1 aromatic rings. The predicted octanol–water partition coefficient (Wildman–Crippen LogP) is 3.07. The third-order valence-electron chi connectivity index (χ3n) is 3.96. The maximum Gasteiger partial charge on any atom is 0.227 e. The lowest BCUT2D eigenvalue weighted by atomic mass is 10.1. The van der Waals surface area contributed by atoms with Gasteiger partial charge in [0.2, 0.25) is 11.8 Å². The molecular formula is C17H24N2O2S. The Labute approximate surface area is 136 Å². The first-order valence-electron chi connectivity index (χ1n) is 7.87. The third-order valence-corrected chi connectivity index (χ3v) is 4.70. The number of nitrogens with zero attached hydrogens (tertiary/aromatic N) is 1. The van der Waals surface area contributed by atoms with Gasteiger partial charge in [0.05, 0.1) is 5.92 Å². The van der Waals surface area contributed by atoms with Crippen LogP contribution in [0.25, 0.3) is 0 Å². The SMILES string of the molecule is CCCCCNC(=O)[C@H]1CC(=O)N(c2ccc(SC)cc2)C1. The fourth-order valence-electron chi connectivity index (χ4n) is 2.63. The Balaban J connectivity index is 1.90. The molecule has 1 fully saturated rings. The number of anilines is 1. The molecule has 1 N–H and O–H groups in total. The second-order valence-corrected chi connectivity index (χ2v) is 6.48. The van der Waals surface area contributed by atoms with Crippen LogP contribution in [0.5, 0.6) is 0 Å². The number of rotatable bonds is 7. The molecule has 2 rings (SSSR count). The Kier molecular flexibility index (Phi) is 6.31. The summed E-state index contributed by atoms with van der Waals surface area (Å²) in [4.78, 5) is 27.2. The molecule has 0 unspecified atom stereocenters. The van der Waals surface area contributed by atoms with Gasteiger partial charge in [-0.1, -0.05) is 19.8 Å². The summed E-state index contributed by atoms with van der Waals surface area (Å²) in [6, 6.07) is 7.91. The average Bonchev–Trinajstić information content (AvgIpc) is 2.93. The molecular weight excluding hydrogens is 296 g/mol. The van der Waals surface area contributed by atoms with Crippen molar-refractivity contribution in [3.8, 4) is 0 Å². The standard InChI is InChI=1S/C17H24N2O2S/c1-3-4-5-10-18-17(21)13-11-16(20)19(12-13)14-6-8-15(22-2)9-7-14/h6-9,13H,3-5,10-12H2,1-2H3,(H,18,21)/t13-/m0/s1. The number of nitrogens with one attached hydrogen (secondary N) is 1. The van der Waals surface area contributed by atoms with E-state index >= 15 is 0 Å². The monoisotopic (exact) mass is 320 g/mol. The highest BCUT2D eigenvalue weighted by atomic mass is 32.2. The van der Waals surface area contributed by atoms with Crippen molar-refractivity contribution in [2.45, 2.75) is 37.5 Å². The first-order valence-corrected chi connectivity index (χ1v) is 9.10. The highest BCUT2D eigenvalue weighted by Gasteiger charge is 2.34. The van der Waals surface area contributed by atoms with Gasteiger partial charge in [-0.15, -0.1) is 11.8 Å². The van der Waals surface area contributed by atoms with E-state index in [9.17, 15) is 9.59 Å². The van der Waals surface area contributed by atoms with Gasteiger partial charge in [0.1, 0.15) is 0 Å². The van der Waals surface area contributed by atoms with Gasteiger partial charge in [-0.2, -0.15) is 0 Å². The van der Waals surface area contributed by atoms with E-state index in [0.717, 1.165) is 24.9 Å².